The molecule has 0 spiro atoms. The Morgan fingerprint density at radius 2 is 1.11 bits per heavy atom. The third-order valence-corrected chi connectivity index (χ3v) is 7.40. The molecule has 2 aromatic heterocycles. The smallest absolute Gasteiger partial charge is 0.0998 e. The molecule has 7 aromatic rings. The van der Waals surface area contributed by atoms with Crippen LogP contribution < -0.4 is 0 Å². The van der Waals surface area contributed by atoms with Gasteiger partial charge in [-0.15, -0.1) is 0 Å². The third kappa shape index (κ3) is 2.79. The topological polar surface area (TPSA) is 55.4 Å². The second-order valence-electron chi connectivity index (χ2n) is 9.26. The highest BCUT2D eigenvalue weighted by atomic mass is 14.7. The monoisotopic (exact) mass is 461 g/mol. The molecule has 3 nitrogen and oxygen atoms in total. The highest BCUT2D eigenvalue weighted by Crippen LogP contribution is 2.49. The van der Waals surface area contributed by atoms with Crippen molar-refractivity contribution in [1.29, 1.82) is 5.26 Å². The van der Waals surface area contributed by atoms with Gasteiger partial charge in [0, 0.05) is 49.3 Å². The number of nitrogens with one attached hydrogen (secondary N) is 2. The fourth-order valence-corrected chi connectivity index (χ4v) is 5.84. The zero-order valence-corrected chi connectivity index (χ0v) is 19.9. The number of nitrogens with zero attached hydrogens (tertiary/aromatic N) is 1. The molecule has 0 saturated heterocycles. The summed E-state index contributed by atoms with van der Waals surface area (Å²) in [6.07, 6.45) is 0.945. The number of rotatable bonds is 3. The van der Waals surface area contributed by atoms with Crippen molar-refractivity contribution in [2.45, 2.75) is 13.3 Å². The van der Waals surface area contributed by atoms with Crippen LogP contribution in [0.25, 0.3) is 65.9 Å². The van der Waals surface area contributed by atoms with Gasteiger partial charge in [-0.05, 0) is 35.7 Å². The van der Waals surface area contributed by atoms with Crippen LogP contribution in [0.2, 0.25) is 0 Å². The number of hydrogen-bond donors (Lipinski definition) is 2. The maximum absolute atomic E-state index is 10.1. The van der Waals surface area contributed by atoms with Crippen molar-refractivity contribution < 1.29 is 0 Å². The standard InChI is InChI=1S/C33H23N3/c1-2-20-11-3-5-13-22(20)28-30-24-15-7-9-17-26(24)36-33(30)29(23-14-6-4-12-21(23)19-34)31-25-16-8-10-18-27(25)35-32(28)31/h3-18,35-36H,2H2,1H3. The molecule has 0 aliphatic heterocycles. The summed E-state index contributed by atoms with van der Waals surface area (Å²) in [5, 5.41) is 14.7. The molecule has 3 heteroatoms. The van der Waals surface area contributed by atoms with E-state index < -0.39 is 0 Å². The van der Waals surface area contributed by atoms with E-state index in [1.165, 1.54) is 27.5 Å². The maximum atomic E-state index is 10.1. The van der Waals surface area contributed by atoms with Crippen molar-refractivity contribution in [3.63, 3.8) is 0 Å². The van der Waals surface area contributed by atoms with Crippen LogP contribution in [0.5, 0.6) is 0 Å². The van der Waals surface area contributed by atoms with Gasteiger partial charge in [0.2, 0.25) is 0 Å². The van der Waals surface area contributed by atoms with E-state index in [0.717, 1.165) is 50.4 Å². The number of nitriles is 1. The number of aromatic amines is 2. The maximum Gasteiger partial charge on any atom is 0.0998 e. The quantitative estimate of drug-likeness (QED) is 0.272. The Balaban J connectivity index is 1.83. The molecule has 0 radical (unpaired) electrons. The van der Waals surface area contributed by atoms with Crippen LogP contribution in [-0.2, 0) is 6.42 Å². The third-order valence-electron chi connectivity index (χ3n) is 7.40. The first-order valence-electron chi connectivity index (χ1n) is 12.3. The Morgan fingerprint density at radius 3 is 1.72 bits per heavy atom. The average Bonchev–Trinajstić information content (AvgIpc) is 3.51. The van der Waals surface area contributed by atoms with Gasteiger partial charge < -0.3 is 9.97 Å². The molecule has 170 valence electrons. The molecule has 0 unspecified atom stereocenters. The fourth-order valence-electron chi connectivity index (χ4n) is 5.84. The van der Waals surface area contributed by atoms with Gasteiger partial charge >= 0.3 is 0 Å². The largest absolute Gasteiger partial charge is 0.354 e. The Labute approximate surface area is 208 Å². The van der Waals surface area contributed by atoms with Crippen molar-refractivity contribution in [2.75, 3.05) is 0 Å². The molecule has 0 atom stereocenters. The zero-order chi connectivity index (χ0) is 24.2. The molecule has 5 aromatic carbocycles. The van der Waals surface area contributed by atoms with Crippen LogP contribution in [-0.4, -0.2) is 9.97 Å². The minimum Gasteiger partial charge on any atom is -0.354 e. The molecule has 2 heterocycles. The van der Waals surface area contributed by atoms with Crippen molar-refractivity contribution >= 4 is 43.6 Å². The lowest BCUT2D eigenvalue weighted by atomic mass is 9.87. The van der Waals surface area contributed by atoms with Gasteiger partial charge in [-0.1, -0.05) is 85.8 Å². The van der Waals surface area contributed by atoms with E-state index in [9.17, 15) is 5.26 Å². The van der Waals surface area contributed by atoms with E-state index in [-0.39, 0.29) is 0 Å². The Morgan fingerprint density at radius 1 is 0.611 bits per heavy atom. The van der Waals surface area contributed by atoms with Crippen molar-refractivity contribution in [3.8, 4) is 28.3 Å². The molecule has 2 N–H and O–H groups in total. The van der Waals surface area contributed by atoms with Gasteiger partial charge in [-0.25, -0.2) is 0 Å². The van der Waals surface area contributed by atoms with E-state index in [0.29, 0.717) is 5.56 Å². The predicted octanol–water partition coefficient (Wildman–Crippen LogP) is 8.72. The van der Waals surface area contributed by atoms with Crippen LogP contribution in [0.1, 0.15) is 18.1 Å². The number of hydrogen-bond acceptors (Lipinski definition) is 1. The van der Waals surface area contributed by atoms with Crippen molar-refractivity contribution in [1.82, 2.24) is 9.97 Å². The van der Waals surface area contributed by atoms with Gasteiger partial charge in [-0.2, -0.15) is 5.26 Å². The number of fused-ring (bicyclic) bond motifs is 6. The highest BCUT2D eigenvalue weighted by molar-refractivity contribution is 6.32. The van der Waals surface area contributed by atoms with Gasteiger partial charge in [0.15, 0.2) is 0 Å². The summed E-state index contributed by atoms with van der Waals surface area (Å²) in [5.41, 5.74) is 10.8. The zero-order valence-electron chi connectivity index (χ0n) is 19.9. The van der Waals surface area contributed by atoms with Gasteiger partial charge in [0.25, 0.3) is 0 Å². The minimum atomic E-state index is 0.672. The SMILES string of the molecule is CCc1ccccc1-c1c2[nH]c3ccccc3c2c(-c2ccccc2C#N)c2[nH]c3ccccc3c12. The Bertz CT molecular complexity index is 1990. The number of H-pyrrole nitrogens is 2. The van der Waals surface area contributed by atoms with Crippen LogP contribution in [0, 0.1) is 11.3 Å². The number of aromatic nitrogens is 2. The molecule has 0 aliphatic carbocycles. The molecular formula is C33H23N3. The summed E-state index contributed by atoms with van der Waals surface area (Å²) in [7, 11) is 0. The van der Waals surface area contributed by atoms with Crippen LogP contribution in [0.4, 0.5) is 0 Å². The lowest BCUT2D eigenvalue weighted by Gasteiger charge is -2.16. The van der Waals surface area contributed by atoms with E-state index in [2.05, 4.69) is 102 Å². The molecule has 7 rings (SSSR count). The summed E-state index contributed by atoms with van der Waals surface area (Å²) in [6.45, 7) is 2.21. The van der Waals surface area contributed by atoms with Crippen LogP contribution >= 0.6 is 0 Å². The first-order chi connectivity index (χ1) is 17.8. The van der Waals surface area contributed by atoms with Crippen LogP contribution in [0.3, 0.4) is 0 Å². The molecule has 36 heavy (non-hydrogen) atoms. The lowest BCUT2D eigenvalue weighted by molar-refractivity contribution is 1.14. The second kappa shape index (κ2) is 7.86. The number of benzene rings is 5. The molecular weight excluding hydrogens is 438 g/mol. The van der Waals surface area contributed by atoms with E-state index in [4.69, 9.17) is 0 Å². The Hall–Kier alpha value is -4.81. The van der Waals surface area contributed by atoms with E-state index in [1.54, 1.807) is 0 Å². The number of aryl methyl sites for hydroxylation is 1. The van der Waals surface area contributed by atoms with Gasteiger partial charge in [-0.3, -0.25) is 0 Å². The van der Waals surface area contributed by atoms with E-state index >= 15 is 0 Å². The van der Waals surface area contributed by atoms with Gasteiger partial charge in [0.05, 0.1) is 22.7 Å². The molecule has 0 fully saturated rings. The summed E-state index contributed by atoms with van der Waals surface area (Å²) in [6, 6.07) is 36.1. The number of para-hydroxylation sites is 2. The molecule has 0 saturated carbocycles. The first-order valence-corrected chi connectivity index (χ1v) is 12.3. The Kier molecular flexibility index (Phi) is 4.49. The fraction of sp³-hybridized carbons (Fsp3) is 0.0606. The molecule has 0 amide bonds. The minimum absolute atomic E-state index is 0.672. The summed E-state index contributed by atoms with van der Waals surface area (Å²) in [4.78, 5) is 7.56. The highest BCUT2D eigenvalue weighted by Gasteiger charge is 2.25. The molecule has 0 bridgehead atoms. The normalized spacial score (nSPS) is 11.6. The second-order valence-corrected chi connectivity index (χ2v) is 9.26. The van der Waals surface area contributed by atoms with E-state index in [1.807, 2.05) is 18.2 Å². The van der Waals surface area contributed by atoms with Crippen LogP contribution in [0.15, 0.2) is 97.1 Å². The molecule has 0 aliphatic rings. The predicted molar refractivity (Wildman–Crippen MR) is 150 cm³/mol. The van der Waals surface area contributed by atoms with Crippen molar-refractivity contribution in [3.05, 3.63) is 108 Å². The summed E-state index contributed by atoms with van der Waals surface area (Å²) in [5.74, 6) is 0. The summed E-state index contributed by atoms with van der Waals surface area (Å²) >= 11 is 0. The lowest BCUT2D eigenvalue weighted by Crippen LogP contribution is -1.93. The summed E-state index contributed by atoms with van der Waals surface area (Å²) < 4.78 is 0. The first kappa shape index (κ1) is 20.6. The van der Waals surface area contributed by atoms with Crippen molar-refractivity contribution in [2.24, 2.45) is 0 Å². The van der Waals surface area contributed by atoms with Gasteiger partial charge in [0.1, 0.15) is 0 Å². The average molecular weight is 462 g/mol.